The molecule has 0 spiro atoms. The summed E-state index contributed by atoms with van der Waals surface area (Å²) >= 11 is 0. The van der Waals surface area contributed by atoms with Crippen molar-refractivity contribution in [1.29, 1.82) is 5.26 Å². The summed E-state index contributed by atoms with van der Waals surface area (Å²) in [5, 5.41) is 11.6. The number of H-pyrrole nitrogens is 1. The monoisotopic (exact) mass is 267 g/mol. The van der Waals surface area contributed by atoms with Crippen molar-refractivity contribution in [1.82, 2.24) is 4.98 Å². The van der Waals surface area contributed by atoms with Crippen molar-refractivity contribution in [3.05, 3.63) is 51.9 Å². The van der Waals surface area contributed by atoms with Gasteiger partial charge in [-0.05, 0) is 30.7 Å². The van der Waals surface area contributed by atoms with Gasteiger partial charge in [-0.2, -0.15) is 5.26 Å². The van der Waals surface area contributed by atoms with Crippen molar-refractivity contribution >= 4 is 11.6 Å². The highest BCUT2D eigenvalue weighted by Gasteiger charge is 2.07. The van der Waals surface area contributed by atoms with E-state index >= 15 is 0 Å². The van der Waals surface area contributed by atoms with Crippen LogP contribution in [0.3, 0.4) is 0 Å². The predicted octanol–water partition coefficient (Wildman–Crippen LogP) is 2.18. The van der Waals surface area contributed by atoms with Crippen molar-refractivity contribution in [2.45, 2.75) is 13.8 Å². The number of carbonyl (C=O) groups is 1. The molecule has 0 atom stereocenters. The Kier molecular flexibility index (Phi) is 3.67. The van der Waals surface area contributed by atoms with Crippen LogP contribution in [0.5, 0.6) is 0 Å². The minimum absolute atomic E-state index is 0.0801. The van der Waals surface area contributed by atoms with Crippen LogP contribution in [0, 0.1) is 18.3 Å². The van der Waals surface area contributed by atoms with Gasteiger partial charge in [-0.3, -0.25) is 9.59 Å². The number of rotatable bonds is 2. The third-order valence-corrected chi connectivity index (χ3v) is 2.88. The average molecular weight is 267 g/mol. The molecule has 0 radical (unpaired) electrons. The van der Waals surface area contributed by atoms with E-state index in [4.69, 9.17) is 5.26 Å². The maximum absolute atomic E-state index is 11.5. The Morgan fingerprint density at radius 3 is 2.50 bits per heavy atom. The van der Waals surface area contributed by atoms with Gasteiger partial charge in [-0.1, -0.05) is 12.1 Å². The summed E-state index contributed by atoms with van der Waals surface area (Å²) in [5.74, 6) is -0.135. The van der Waals surface area contributed by atoms with Crippen LogP contribution in [0.25, 0.3) is 11.1 Å². The lowest BCUT2D eigenvalue weighted by molar-refractivity contribution is -0.114. The molecule has 100 valence electrons. The number of carbonyl (C=O) groups excluding carboxylic acids is 1. The first-order chi connectivity index (χ1) is 9.51. The van der Waals surface area contributed by atoms with Crippen molar-refractivity contribution in [3.63, 3.8) is 0 Å². The number of benzene rings is 1. The van der Waals surface area contributed by atoms with Crippen molar-refractivity contribution in [2.24, 2.45) is 0 Å². The number of anilines is 1. The molecule has 1 aromatic heterocycles. The third kappa shape index (κ3) is 2.75. The molecule has 0 aliphatic carbocycles. The number of hydrogen-bond acceptors (Lipinski definition) is 3. The van der Waals surface area contributed by atoms with Gasteiger partial charge in [0, 0.05) is 23.9 Å². The Morgan fingerprint density at radius 2 is 1.95 bits per heavy atom. The van der Waals surface area contributed by atoms with E-state index < -0.39 is 0 Å². The maximum Gasteiger partial charge on any atom is 0.266 e. The zero-order valence-corrected chi connectivity index (χ0v) is 11.2. The van der Waals surface area contributed by atoms with Gasteiger partial charge in [0.15, 0.2) is 0 Å². The Hall–Kier alpha value is -2.87. The van der Waals surface area contributed by atoms with Crippen molar-refractivity contribution in [3.8, 4) is 17.2 Å². The number of aryl methyl sites for hydroxylation is 1. The number of aromatic nitrogens is 1. The van der Waals surface area contributed by atoms with Crippen LogP contribution in [0.1, 0.15) is 18.2 Å². The average Bonchev–Trinajstić information content (AvgIpc) is 2.39. The first-order valence-corrected chi connectivity index (χ1v) is 6.03. The largest absolute Gasteiger partial charge is 0.326 e. The molecule has 0 fully saturated rings. The summed E-state index contributed by atoms with van der Waals surface area (Å²) in [4.78, 5) is 25.1. The van der Waals surface area contributed by atoms with E-state index in [-0.39, 0.29) is 17.0 Å². The second-order valence-corrected chi connectivity index (χ2v) is 4.42. The third-order valence-electron chi connectivity index (χ3n) is 2.88. The lowest BCUT2D eigenvalue weighted by Crippen LogP contribution is -2.12. The summed E-state index contributed by atoms with van der Waals surface area (Å²) in [6, 6.07) is 10.6. The number of amides is 1. The van der Waals surface area contributed by atoms with Crippen LogP contribution < -0.4 is 10.9 Å². The number of nitrogens with zero attached hydrogens (tertiary/aromatic N) is 1. The van der Waals surface area contributed by atoms with E-state index in [9.17, 15) is 9.59 Å². The van der Waals surface area contributed by atoms with E-state index in [1.807, 2.05) is 18.2 Å². The quantitative estimate of drug-likeness (QED) is 0.874. The highest BCUT2D eigenvalue weighted by molar-refractivity contribution is 5.89. The first kappa shape index (κ1) is 13.6. The number of pyridine rings is 1. The number of hydrogen-bond donors (Lipinski definition) is 2. The van der Waals surface area contributed by atoms with Gasteiger partial charge in [0.25, 0.3) is 5.56 Å². The molecule has 5 nitrogen and oxygen atoms in total. The minimum Gasteiger partial charge on any atom is -0.326 e. The maximum atomic E-state index is 11.5. The van der Waals surface area contributed by atoms with E-state index in [0.717, 1.165) is 11.1 Å². The zero-order valence-electron chi connectivity index (χ0n) is 11.2. The Bertz CT molecular complexity index is 752. The second-order valence-electron chi connectivity index (χ2n) is 4.42. The lowest BCUT2D eigenvalue weighted by atomic mass is 10.0. The van der Waals surface area contributed by atoms with Gasteiger partial charge in [0.1, 0.15) is 11.6 Å². The summed E-state index contributed by atoms with van der Waals surface area (Å²) in [6.45, 7) is 3.22. The molecule has 2 N–H and O–H groups in total. The molecule has 5 heteroatoms. The molecule has 0 unspecified atom stereocenters. The van der Waals surface area contributed by atoms with Crippen LogP contribution in [-0.2, 0) is 4.79 Å². The summed E-state index contributed by atoms with van der Waals surface area (Å²) in [6.07, 6.45) is 0. The van der Waals surface area contributed by atoms with E-state index in [0.29, 0.717) is 11.4 Å². The molecule has 0 aliphatic heterocycles. The van der Waals surface area contributed by atoms with Gasteiger partial charge in [0.2, 0.25) is 5.91 Å². The molecule has 20 heavy (non-hydrogen) atoms. The first-order valence-electron chi connectivity index (χ1n) is 6.03. The molecular weight excluding hydrogens is 254 g/mol. The van der Waals surface area contributed by atoms with E-state index in [1.54, 1.807) is 25.1 Å². The molecule has 0 saturated heterocycles. The SMILES string of the molecule is CC(=O)Nc1ccc(-c2cc(C#N)c(=O)[nH]c2C)cc1. The molecule has 0 bridgehead atoms. The highest BCUT2D eigenvalue weighted by Crippen LogP contribution is 2.23. The molecule has 1 amide bonds. The van der Waals surface area contributed by atoms with Crippen molar-refractivity contribution in [2.75, 3.05) is 5.32 Å². The fourth-order valence-electron chi connectivity index (χ4n) is 1.94. The molecule has 0 saturated carbocycles. The van der Waals surface area contributed by atoms with Gasteiger partial charge in [0.05, 0.1) is 0 Å². The molecule has 2 aromatic rings. The van der Waals surface area contributed by atoms with Gasteiger partial charge < -0.3 is 10.3 Å². The fourth-order valence-corrected chi connectivity index (χ4v) is 1.94. The number of nitrogens with one attached hydrogen (secondary N) is 2. The van der Waals surface area contributed by atoms with Crippen LogP contribution in [0.2, 0.25) is 0 Å². The molecule has 1 heterocycles. The van der Waals surface area contributed by atoms with Crippen molar-refractivity contribution < 1.29 is 4.79 Å². The Balaban J connectivity index is 2.44. The van der Waals surface area contributed by atoms with Crippen LogP contribution in [0.15, 0.2) is 35.1 Å². The number of nitriles is 1. The molecular formula is C15H13N3O2. The van der Waals surface area contributed by atoms with Gasteiger partial charge in [-0.25, -0.2) is 0 Å². The number of aromatic amines is 1. The minimum atomic E-state index is -0.386. The van der Waals surface area contributed by atoms with E-state index in [1.165, 1.54) is 6.92 Å². The van der Waals surface area contributed by atoms with Crippen LogP contribution in [-0.4, -0.2) is 10.9 Å². The fraction of sp³-hybridized carbons (Fsp3) is 0.133. The summed E-state index contributed by atoms with van der Waals surface area (Å²) < 4.78 is 0. The highest BCUT2D eigenvalue weighted by atomic mass is 16.1. The topological polar surface area (TPSA) is 85.8 Å². The van der Waals surface area contributed by atoms with Gasteiger partial charge in [-0.15, -0.1) is 0 Å². The molecule has 0 aliphatic rings. The summed E-state index contributed by atoms with van der Waals surface area (Å²) in [7, 11) is 0. The Morgan fingerprint density at radius 1 is 1.30 bits per heavy atom. The van der Waals surface area contributed by atoms with Gasteiger partial charge >= 0.3 is 0 Å². The summed E-state index contributed by atoms with van der Waals surface area (Å²) in [5.41, 5.74) is 2.74. The lowest BCUT2D eigenvalue weighted by Gasteiger charge is -2.08. The zero-order chi connectivity index (χ0) is 14.7. The molecule has 2 rings (SSSR count). The van der Waals surface area contributed by atoms with E-state index in [2.05, 4.69) is 10.3 Å². The normalized spacial score (nSPS) is 9.85. The Labute approximate surface area is 115 Å². The standard InChI is InChI=1S/C15H13N3O2/c1-9-14(7-12(8-16)15(20)17-9)11-3-5-13(6-4-11)18-10(2)19/h3-7H,1-2H3,(H,17,20)(H,18,19). The smallest absolute Gasteiger partial charge is 0.266 e. The predicted molar refractivity (Wildman–Crippen MR) is 76.3 cm³/mol. The van der Waals surface area contributed by atoms with Crippen LogP contribution in [0.4, 0.5) is 5.69 Å². The molecule has 1 aromatic carbocycles. The van der Waals surface area contributed by atoms with Crippen LogP contribution >= 0.6 is 0 Å². The second kappa shape index (κ2) is 5.41.